The number of likely N-dealkylation sites (N-methyl/N-ethyl adjacent to an activating group) is 1. The topological polar surface area (TPSA) is 105 Å². The average molecular weight is 527 g/mol. The van der Waals surface area contributed by atoms with Crippen molar-refractivity contribution in [3.63, 3.8) is 0 Å². The third-order valence-corrected chi connectivity index (χ3v) is 6.61. The first kappa shape index (κ1) is 30.0. The molecule has 0 radical (unpaired) electrons. The summed E-state index contributed by atoms with van der Waals surface area (Å²) in [5.74, 6) is -2.55. The van der Waals surface area contributed by atoms with Gasteiger partial charge in [0.05, 0.1) is 11.4 Å². The van der Waals surface area contributed by atoms with Gasteiger partial charge in [-0.05, 0) is 30.5 Å². The van der Waals surface area contributed by atoms with Crippen molar-refractivity contribution in [1.82, 2.24) is 5.32 Å². The number of unbranched alkanes of at least 4 members (excludes halogenated alkanes) is 1. The summed E-state index contributed by atoms with van der Waals surface area (Å²) in [4.78, 5) is 44.6. The number of para-hydroxylation sites is 1. The van der Waals surface area contributed by atoms with E-state index in [-0.39, 0.29) is 11.8 Å². The molecule has 7 nitrogen and oxygen atoms in total. The van der Waals surface area contributed by atoms with E-state index in [0.717, 1.165) is 11.1 Å². The maximum Gasteiger partial charge on any atom is 0.272 e. The highest BCUT2D eigenvalue weighted by atomic mass is 35.5. The van der Waals surface area contributed by atoms with Crippen LogP contribution in [-0.2, 0) is 14.4 Å². The molecular formula is C29H39ClN4O3. The van der Waals surface area contributed by atoms with Gasteiger partial charge in [-0.3, -0.25) is 14.4 Å². The Balaban J connectivity index is 0.00000112. The number of benzene rings is 2. The van der Waals surface area contributed by atoms with Crippen LogP contribution in [-0.4, -0.2) is 36.6 Å². The van der Waals surface area contributed by atoms with Crippen molar-refractivity contribution in [2.24, 2.45) is 28.5 Å². The Morgan fingerprint density at radius 2 is 1.65 bits per heavy atom. The molecule has 200 valence electrons. The zero-order valence-corrected chi connectivity index (χ0v) is 23.4. The SMILES string of the molecule is CC(C)C[C@@H](C(=O)N[C@H]1N=C(c2ccc(Cl)cc2)c2ccccc2N(C)C1=O)[C@H](C)C(N)=O.CCCC. The molecule has 1 aliphatic heterocycles. The van der Waals surface area contributed by atoms with E-state index in [1.165, 1.54) is 17.7 Å². The number of fused-ring (bicyclic) bond motifs is 1. The Hall–Kier alpha value is -3.19. The van der Waals surface area contributed by atoms with Crippen LogP contribution >= 0.6 is 11.6 Å². The molecule has 0 bridgehead atoms. The van der Waals surface area contributed by atoms with E-state index in [2.05, 4.69) is 24.2 Å². The molecule has 2 aromatic carbocycles. The molecule has 3 rings (SSSR count). The standard InChI is InChI=1S/C25H29ClN4O3.C4H10/c1-14(2)13-19(15(3)22(27)31)24(32)29-23-25(33)30(4)20-8-6-5-7-18(20)21(28-23)16-9-11-17(26)12-10-16;1-3-4-2/h5-12,14-15,19,23H,13H2,1-4H3,(H2,27,31)(H,29,32);3-4H2,1-2H3/t15-,19+,23+;/m0./s1. The zero-order chi connectivity index (χ0) is 27.7. The molecule has 8 heteroatoms. The normalized spacial score (nSPS) is 16.5. The predicted octanol–water partition coefficient (Wildman–Crippen LogP) is 5.19. The lowest BCUT2D eigenvalue weighted by Gasteiger charge is -2.25. The third kappa shape index (κ3) is 7.89. The maximum absolute atomic E-state index is 13.3. The van der Waals surface area contributed by atoms with E-state index in [1.807, 2.05) is 50.2 Å². The van der Waals surface area contributed by atoms with Crippen LogP contribution in [0.2, 0.25) is 5.02 Å². The van der Waals surface area contributed by atoms with Crippen LogP contribution < -0.4 is 16.0 Å². The number of nitrogens with one attached hydrogen (secondary N) is 1. The third-order valence-electron chi connectivity index (χ3n) is 6.35. The van der Waals surface area contributed by atoms with Crippen molar-refractivity contribution in [3.8, 4) is 0 Å². The Morgan fingerprint density at radius 1 is 1.05 bits per heavy atom. The smallest absolute Gasteiger partial charge is 0.272 e. The maximum atomic E-state index is 13.3. The highest BCUT2D eigenvalue weighted by molar-refractivity contribution is 6.30. The summed E-state index contributed by atoms with van der Waals surface area (Å²) in [6.45, 7) is 9.92. The molecule has 1 aliphatic rings. The number of hydrogen-bond donors (Lipinski definition) is 2. The molecule has 0 fully saturated rings. The number of halogens is 1. The summed E-state index contributed by atoms with van der Waals surface area (Å²) < 4.78 is 0. The zero-order valence-electron chi connectivity index (χ0n) is 22.6. The Morgan fingerprint density at radius 3 is 2.19 bits per heavy atom. The molecule has 3 atom stereocenters. The van der Waals surface area contributed by atoms with E-state index >= 15 is 0 Å². The number of nitrogens with two attached hydrogens (primary N) is 1. The van der Waals surface area contributed by atoms with E-state index < -0.39 is 29.8 Å². The van der Waals surface area contributed by atoms with Crippen molar-refractivity contribution in [1.29, 1.82) is 0 Å². The van der Waals surface area contributed by atoms with Crippen molar-refractivity contribution >= 4 is 40.7 Å². The lowest BCUT2D eigenvalue weighted by Crippen LogP contribution is -2.49. The van der Waals surface area contributed by atoms with Crippen LogP contribution in [0.5, 0.6) is 0 Å². The van der Waals surface area contributed by atoms with Gasteiger partial charge in [0, 0.05) is 35.0 Å². The number of anilines is 1. The van der Waals surface area contributed by atoms with E-state index in [4.69, 9.17) is 17.3 Å². The highest BCUT2D eigenvalue weighted by Crippen LogP contribution is 2.28. The summed E-state index contributed by atoms with van der Waals surface area (Å²) >= 11 is 6.06. The fraction of sp³-hybridized carbons (Fsp3) is 0.448. The van der Waals surface area contributed by atoms with Crippen molar-refractivity contribution in [2.45, 2.75) is 60.0 Å². The van der Waals surface area contributed by atoms with Gasteiger partial charge < -0.3 is 16.0 Å². The second-order valence-electron chi connectivity index (χ2n) is 9.74. The molecule has 0 aliphatic carbocycles. The largest absolute Gasteiger partial charge is 0.369 e. The van der Waals surface area contributed by atoms with Crippen molar-refractivity contribution < 1.29 is 14.4 Å². The van der Waals surface area contributed by atoms with E-state index in [0.29, 0.717) is 22.8 Å². The van der Waals surface area contributed by atoms with Gasteiger partial charge in [0.2, 0.25) is 18.0 Å². The van der Waals surface area contributed by atoms with Crippen LogP contribution in [0.4, 0.5) is 5.69 Å². The molecule has 0 aromatic heterocycles. The first-order chi connectivity index (χ1) is 17.5. The number of benzodiazepines with no additional fused rings is 1. The van der Waals surface area contributed by atoms with Crippen molar-refractivity contribution in [2.75, 3.05) is 11.9 Å². The Labute approximate surface area is 225 Å². The fourth-order valence-corrected chi connectivity index (χ4v) is 4.07. The second-order valence-corrected chi connectivity index (χ2v) is 10.2. The summed E-state index contributed by atoms with van der Waals surface area (Å²) in [6.07, 6.45) is 1.94. The number of nitrogens with zero attached hydrogens (tertiary/aromatic N) is 2. The molecule has 37 heavy (non-hydrogen) atoms. The lowest BCUT2D eigenvalue weighted by atomic mass is 9.85. The van der Waals surface area contributed by atoms with Crippen molar-refractivity contribution in [3.05, 3.63) is 64.7 Å². The minimum atomic E-state index is -1.16. The number of carbonyl (C=O) groups is 3. The molecule has 3 amide bonds. The number of hydrogen-bond acceptors (Lipinski definition) is 4. The van der Waals surface area contributed by atoms with Gasteiger partial charge in [0.15, 0.2) is 0 Å². The Kier molecular flexibility index (Phi) is 11.3. The molecule has 0 saturated carbocycles. The molecule has 2 aromatic rings. The van der Waals surface area contributed by atoms with E-state index in [1.54, 1.807) is 26.1 Å². The number of aliphatic imine (C=N–C) groups is 1. The highest BCUT2D eigenvalue weighted by Gasteiger charge is 2.35. The van der Waals surface area contributed by atoms with Crippen LogP contribution in [0.15, 0.2) is 53.5 Å². The van der Waals surface area contributed by atoms with Crippen LogP contribution in [0.25, 0.3) is 0 Å². The van der Waals surface area contributed by atoms with Crippen LogP contribution in [0.1, 0.15) is 65.0 Å². The van der Waals surface area contributed by atoms with Crippen LogP contribution in [0.3, 0.4) is 0 Å². The molecule has 0 unspecified atom stereocenters. The monoisotopic (exact) mass is 526 g/mol. The number of carbonyl (C=O) groups excluding carboxylic acids is 3. The van der Waals surface area contributed by atoms with Gasteiger partial charge in [-0.15, -0.1) is 0 Å². The minimum absolute atomic E-state index is 0.160. The van der Waals surface area contributed by atoms with Gasteiger partial charge in [-0.25, -0.2) is 4.99 Å². The van der Waals surface area contributed by atoms with Gasteiger partial charge in [0.1, 0.15) is 0 Å². The number of primary amides is 1. The quantitative estimate of drug-likeness (QED) is 0.494. The molecular weight excluding hydrogens is 488 g/mol. The molecule has 3 N–H and O–H groups in total. The summed E-state index contributed by atoms with van der Waals surface area (Å²) in [5, 5.41) is 3.35. The summed E-state index contributed by atoms with van der Waals surface area (Å²) in [5.41, 5.74) is 8.26. The number of amides is 3. The number of rotatable bonds is 8. The van der Waals surface area contributed by atoms with E-state index in [9.17, 15) is 14.4 Å². The lowest BCUT2D eigenvalue weighted by molar-refractivity contribution is -0.135. The summed E-state index contributed by atoms with van der Waals surface area (Å²) in [7, 11) is 1.65. The predicted molar refractivity (Wildman–Crippen MR) is 151 cm³/mol. The first-order valence-corrected chi connectivity index (χ1v) is 13.2. The van der Waals surface area contributed by atoms with Gasteiger partial charge in [-0.2, -0.15) is 0 Å². The first-order valence-electron chi connectivity index (χ1n) is 12.8. The van der Waals surface area contributed by atoms with Gasteiger partial charge in [-0.1, -0.05) is 89.4 Å². The molecule has 1 heterocycles. The van der Waals surface area contributed by atoms with Gasteiger partial charge >= 0.3 is 0 Å². The fourth-order valence-electron chi connectivity index (χ4n) is 3.94. The van der Waals surface area contributed by atoms with Crippen LogP contribution in [0, 0.1) is 17.8 Å². The second kappa shape index (κ2) is 13.9. The van der Waals surface area contributed by atoms with Gasteiger partial charge in [0.25, 0.3) is 5.91 Å². The molecule has 0 saturated heterocycles. The average Bonchev–Trinajstić information content (AvgIpc) is 2.98. The summed E-state index contributed by atoms with van der Waals surface area (Å²) in [6, 6.07) is 14.6. The Bertz CT molecular complexity index is 1110. The molecule has 0 spiro atoms. The minimum Gasteiger partial charge on any atom is -0.369 e.